The summed E-state index contributed by atoms with van der Waals surface area (Å²) in [6.07, 6.45) is 4.39. The minimum Gasteiger partial charge on any atom is -0.390 e. The fourth-order valence-corrected chi connectivity index (χ4v) is 3.07. The number of hydrogen-bond acceptors (Lipinski definition) is 1. The van der Waals surface area contributed by atoms with Gasteiger partial charge in [-0.3, -0.25) is 0 Å². The predicted molar refractivity (Wildman–Crippen MR) is 67.3 cm³/mol. The molecule has 16 heavy (non-hydrogen) atoms. The van der Waals surface area contributed by atoms with Crippen molar-refractivity contribution >= 4 is 0 Å². The Morgan fingerprint density at radius 3 is 2.62 bits per heavy atom. The number of benzene rings is 1. The highest BCUT2D eigenvalue weighted by Gasteiger charge is 2.38. The first-order chi connectivity index (χ1) is 7.59. The van der Waals surface area contributed by atoms with Gasteiger partial charge in [0.1, 0.15) is 0 Å². The van der Waals surface area contributed by atoms with Crippen LogP contribution >= 0.6 is 0 Å². The van der Waals surface area contributed by atoms with Crippen molar-refractivity contribution in [1.29, 1.82) is 0 Å². The standard InChI is InChI=1S/C15H22O/c1-12-7-6-10-15(2,16)14(12)11-13-8-4-3-5-9-13/h3-5,8-9,12,14,16H,6-7,10-11H2,1-2H3. The first-order valence-corrected chi connectivity index (χ1v) is 6.36. The second kappa shape index (κ2) is 4.58. The zero-order valence-electron chi connectivity index (χ0n) is 10.3. The molecule has 1 aromatic carbocycles. The fraction of sp³-hybridized carbons (Fsp3) is 0.600. The molecule has 1 aromatic rings. The Kier molecular flexibility index (Phi) is 3.34. The predicted octanol–water partition coefficient (Wildman–Crippen LogP) is 3.42. The molecule has 0 aromatic heterocycles. The Morgan fingerprint density at radius 2 is 2.00 bits per heavy atom. The van der Waals surface area contributed by atoms with Gasteiger partial charge in [-0.15, -0.1) is 0 Å². The van der Waals surface area contributed by atoms with Crippen molar-refractivity contribution in [3.05, 3.63) is 35.9 Å². The van der Waals surface area contributed by atoms with Crippen LogP contribution in [0.1, 0.15) is 38.7 Å². The van der Waals surface area contributed by atoms with E-state index in [2.05, 4.69) is 31.2 Å². The van der Waals surface area contributed by atoms with Gasteiger partial charge in [0, 0.05) is 0 Å². The van der Waals surface area contributed by atoms with Gasteiger partial charge in [-0.05, 0) is 37.2 Å². The molecule has 1 aliphatic rings. The van der Waals surface area contributed by atoms with Gasteiger partial charge in [-0.25, -0.2) is 0 Å². The van der Waals surface area contributed by atoms with Gasteiger partial charge in [-0.1, -0.05) is 50.1 Å². The van der Waals surface area contributed by atoms with Crippen molar-refractivity contribution in [2.75, 3.05) is 0 Å². The van der Waals surface area contributed by atoms with Crippen molar-refractivity contribution < 1.29 is 5.11 Å². The zero-order chi connectivity index (χ0) is 11.6. The van der Waals surface area contributed by atoms with Gasteiger partial charge >= 0.3 is 0 Å². The molecule has 0 spiro atoms. The van der Waals surface area contributed by atoms with Gasteiger partial charge in [0.05, 0.1) is 5.60 Å². The first-order valence-electron chi connectivity index (χ1n) is 6.36. The molecule has 3 unspecified atom stereocenters. The normalized spacial score (nSPS) is 34.9. The molecule has 0 saturated heterocycles. The van der Waals surface area contributed by atoms with Gasteiger partial charge in [0.15, 0.2) is 0 Å². The lowest BCUT2D eigenvalue weighted by atomic mass is 9.68. The maximum Gasteiger partial charge on any atom is 0.0653 e. The van der Waals surface area contributed by atoms with Crippen molar-refractivity contribution in [3.63, 3.8) is 0 Å². The summed E-state index contributed by atoms with van der Waals surface area (Å²) in [6, 6.07) is 10.5. The maximum atomic E-state index is 10.5. The van der Waals surface area contributed by atoms with E-state index in [9.17, 15) is 5.11 Å². The Morgan fingerprint density at radius 1 is 1.31 bits per heavy atom. The molecule has 88 valence electrons. The molecule has 0 heterocycles. The Labute approximate surface area is 98.5 Å². The van der Waals surface area contributed by atoms with Gasteiger partial charge < -0.3 is 5.11 Å². The van der Waals surface area contributed by atoms with Crippen molar-refractivity contribution in [2.45, 2.75) is 45.1 Å². The van der Waals surface area contributed by atoms with Crippen LogP contribution in [0.15, 0.2) is 30.3 Å². The molecular formula is C15H22O. The SMILES string of the molecule is CC1CCCC(C)(O)C1Cc1ccccc1. The zero-order valence-corrected chi connectivity index (χ0v) is 10.3. The van der Waals surface area contributed by atoms with E-state index in [1.807, 2.05) is 13.0 Å². The smallest absolute Gasteiger partial charge is 0.0653 e. The molecule has 2 rings (SSSR count). The summed E-state index contributed by atoms with van der Waals surface area (Å²) in [6.45, 7) is 4.29. The molecule has 1 nitrogen and oxygen atoms in total. The Balaban J connectivity index is 2.12. The van der Waals surface area contributed by atoms with Crippen LogP contribution in [0.2, 0.25) is 0 Å². The molecule has 1 aliphatic carbocycles. The summed E-state index contributed by atoms with van der Waals surface area (Å²) in [4.78, 5) is 0. The largest absolute Gasteiger partial charge is 0.390 e. The Bertz CT molecular complexity index is 329. The molecule has 1 N–H and O–H groups in total. The summed E-state index contributed by atoms with van der Waals surface area (Å²) in [7, 11) is 0. The van der Waals surface area contributed by atoms with Gasteiger partial charge in [0.25, 0.3) is 0 Å². The summed E-state index contributed by atoms with van der Waals surface area (Å²) in [5.41, 5.74) is 0.870. The number of rotatable bonds is 2. The lowest BCUT2D eigenvalue weighted by Crippen LogP contribution is -2.43. The van der Waals surface area contributed by atoms with Crippen LogP contribution in [0.5, 0.6) is 0 Å². The molecule has 3 atom stereocenters. The van der Waals surface area contributed by atoms with Crippen molar-refractivity contribution in [3.8, 4) is 0 Å². The number of aliphatic hydroxyl groups is 1. The third kappa shape index (κ3) is 2.46. The first kappa shape index (κ1) is 11.7. The third-order valence-electron chi connectivity index (χ3n) is 4.13. The van der Waals surface area contributed by atoms with Crippen LogP contribution in [0.4, 0.5) is 0 Å². The summed E-state index contributed by atoms with van der Waals surface area (Å²) >= 11 is 0. The minimum atomic E-state index is -0.479. The Hall–Kier alpha value is -0.820. The molecule has 0 amide bonds. The lowest BCUT2D eigenvalue weighted by Gasteiger charge is -2.41. The second-order valence-corrected chi connectivity index (χ2v) is 5.52. The number of hydrogen-bond donors (Lipinski definition) is 1. The van der Waals surface area contributed by atoms with E-state index in [4.69, 9.17) is 0 Å². The van der Waals surface area contributed by atoms with Crippen molar-refractivity contribution in [1.82, 2.24) is 0 Å². The van der Waals surface area contributed by atoms with Crippen LogP contribution in [0.25, 0.3) is 0 Å². The van der Waals surface area contributed by atoms with Crippen LogP contribution in [-0.2, 0) is 6.42 Å². The fourth-order valence-electron chi connectivity index (χ4n) is 3.07. The molecule has 0 radical (unpaired) electrons. The molecule has 0 bridgehead atoms. The van der Waals surface area contributed by atoms with Crippen molar-refractivity contribution in [2.24, 2.45) is 11.8 Å². The second-order valence-electron chi connectivity index (χ2n) is 5.52. The monoisotopic (exact) mass is 218 g/mol. The average molecular weight is 218 g/mol. The summed E-state index contributed by atoms with van der Waals surface area (Å²) in [5, 5.41) is 10.5. The van der Waals surface area contributed by atoms with Crippen LogP contribution < -0.4 is 0 Å². The van der Waals surface area contributed by atoms with E-state index in [-0.39, 0.29) is 0 Å². The highest BCUT2D eigenvalue weighted by molar-refractivity contribution is 5.16. The van der Waals surface area contributed by atoms with Crippen LogP contribution in [0.3, 0.4) is 0 Å². The third-order valence-corrected chi connectivity index (χ3v) is 4.13. The van der Waals surface area contributed by atoms with E-state index in [1.165, 1.54) is 18.4 Å². The van der Waals surface area contributed by atoms with E-state index >= 15 is 0 Å². The maximum absolute atomic E-state index is 10.5. The highest BCUT2D eigenvalue weighted by atomic mass is 16.3. The molecule has 0 aliphatic heterocycles. The molecule has 1 fully saturated rings. The summed E-state index contributed by atoms with van der Waals surface area (Å²) in [5.74, 6) is 1.03. The molecule has 1 heteroatoms. The van der Waals surface area contributed by atoms with Gasteiger partial charge in [0.2, 0.25) is 0 Å². The van der Waals surface area contributed by atoms with E-state index in [1.54, 1.807) is 0 Å². The summed E-state index contributed by atoms with van der Waals surface area (Å²) < 4.78 is 0. The minimum absolute atomic E-state index is 0.406. The van der Waals surface area contributed by atoms with Crippen LogP contribution in [0, 0.1) is 11.8 Å². The van der Waals surface area contributed by atoms with Crippen LogP contribution in [-0.4, -0.2) is 10.7 Å². The topological polar surface area (TPSA) is 20.2 Å². The highest BCUT2D eigenvalue weighted by Crippen LogP contribution is 2.39. The van der Waals surface area contributed by atoms with E-state index in [0.29, 0.717) is 11.8 Å². The van der Waals surface area contributed by atoms with Gasteiger partial charge in [-0.2, -0.15) is 0 Å². The average Bonchev–Trinajstić information content (AvgIpc) is 2.25. The lowest BCUT2D eigenvalue weighted by molar-refractivity contribution is -0.0548. The van der Waals surface area contributed by atoms with E-state index < -0.39 is 5.60 Å². The quantitative estimate of drug-likeness (QED) is 0.806. The van der Waals surface area contributed by atoms with E-state index in [0.717, 1.165) is 12.8 Å². The molecule has 1 saturated carbocycles. The molecular weight excluding hydrogens is 196 g/mol.